The van der Waals surface area contributed by atoms with Crippen molar-refractivity contribution < 1.29 is 14.6 Å². The van der Waals surface area contributed by atoms with Gasteiger partial charge in [0.1, 0.15) is 34.8 Å². The van der Waals surface area contributed by atoms with Crippen LogP contribution >= 0.6 is 0 Å². The average Bonchev–Trinajstić information content (AvgIpc) is 2.54. The number of anilines is 1. The molecule has 8 heteroatoms. The Kier molecular flexibility index (Phi) is 4.10. The van der Waals surface area contributed by atoms with Crippen LogP contribution in [0.3, 0.4) is 0 Å². The molecule has 0 amide bonds. The number of hydrogen-bond acceptors (Lipinski definition) is 7. The highest BCUT2D eigenvalue weighted by atomic mass is 16.5. The number of pyridine rings is 1. The molecular weight excluding hydrogens is 300 g/mol. The summed E-state index contributed by atoms with van der Waals surface area (Å²) in [6.07, 6.45) is 0. The fourth-order valence-electron chi connectivity index (χ4n) is 2.22. The number of aromatic hydroxyl groups is 1. The first-order valence-electron chi connectivity index (χ1n) is 6.30. The Morgan fingerprint density at radius 3 is 2.17 bits per heavy atom. The van der Waals surface area contributed by atoms with Gasteiger partial charge >= 0.3 is 0 Å². The highest BCUT2D eigenvalue weighted by Crippen LogP contribution is 2.45. The molecule has 0 saturated heterocycles. The van der Waals surface area contributed by atoms with Gasteiger partial charge in [-0.1, -0.05) is 0 Å². The molecule has 0 aliphatic carbocycles. The Hall–Kier alpha value is -3.65. The molecule has 2 aromatic rings. The lowest BCUT2D eigenvalue weighted by Crippen LogP contribution is -2.16. The molecule has 2 rings (SSSR count). The van der Waals surface area contributed by atoms with E-state index >= 15 is 0 Å². The number of nitrogens with one attached hydrogen (secondary N) is 1. The zero-order chi connectivity index (χ0) is 17.1. The molecule has 1 aromatic heterocycles. The summed E-state index contributed by atoms with van der Waals surface area (Å²) in [4.78, 5) is 14.2. The van der Waals surface area contributed by atoms with E-state index in [4.69, 9.17) is 15.2 Å². The molecule has 116 valence electrons. The largest absolute Gasteiger partial charge is 0.504 e. The van der Waals surface area contributed by atoms with Crippen molar-refractivity contribution in [3.05, 3.63) is 33.6 Å². The molecule has 1 heterocycles. The van der Waals surface area contributed by atoms with Crippen molar-refractivity contribution in [2.75, 3.05) is 20.0 Å². The molecular formula is C15H12N4O4. The third-order valence-electron chi connectivity index (χ3n) is 3.26. The first-order chi connectivity index (χ1) is 11.0. The number of phenols is 1. The average molecular weight is 312 g/mol. The van der Waals surface area contributed by atoms with Gasteiger partial charge in [-0.2, -0.15) is 10.5 Å². The zero-order valence-corrected chi connectivity index (χ0v) is 12.3. The Morgan fingerprint density at radius 2 is 1.65 bits per heavy atom. The number of nitrogens with zero attached hydrogens (tertiary/aromatic N) is 2. The van der Waals surface area contributed by atoms with Gasteiger partial charge in [0.2, 0.25) is 0 Å². The molecule has 0 bridgehead atoms. The first-order valence-corrected chi connectivity index (χ1v) is 6.30. The third-order valence-corrected chi connectivity index (χ3v) is 3.26. The highest BCUT2D eigenvalue weighted by molar-refractivity contribution is 5.88. The number of benzene rings is 1. The Balaban J connectivity index is 3.07. The molecule has 0 unspecified atom stereocenters. The van der Waals surface area contributed by atoms with Crippen molar-refractivity contribution in [1.29, 1.82) is 10.5 Å². The molecule has 0 radical (unpaired) electrons. The van der Waals surface area contributed by atoms with Gasteiger partial charge in [0.05, 0.1) is 19.8 Å². The van der Waals surface area contributed by atoms with Gasteiger partial charge in [-0.05, 0) is 12.1 Å². The smallest absolute Gasteiger partial charge is 0.268 e. The van der Waals surface area contributed by atoms with E-state index in [2.05, 4.69) is 4.98 Å². The molecule has 23 heavy (non-hydrogen) atoms. The maximum Gasteiger partial charge on any atom is 0.268 e. The van der Waals surface area contributed by atoms with Crippen LogP contribution in [-0.4, -0.2) is 24.3 Å². The number of nitrogen functional groups attached to an aromatic ring is 1. The quantitative estimate of drug-likeness (QED) is 0.768. The number of aromatic amines is 1. The number of nitrogens with two attached hydrogens (primary N) is 1. The Labute approximate surface area is 130 Å². The van der Waals surface area contributed by atoms with Crippen molar-refractivity contribution in [1.82, 2.24) is 4.98 Å². The predicted molar refractivity (Wildman–Crippen MR) is 81.1 cm³/mol. The summed E-state index contributed by atoms with van der Waals surface area (Å²) < 4.78 is 10.2. The lowest BCUT2D eigenvalue weighted by atomic mass is 9.94. The molecule has 0 fully saturated rings. The van der Waals surface area contributed by atoms with E-state index < -0.39 is 5.56 Å². The van der Waals surface area contributed by atoms with Crippen LogP contribution in [0.2, 0.25) is 0 Å². The summed E-state index contributed by atoms with van der Waals surface area (Å²) >= 11 is 0. The second-order valence-corrected chi connectivity index (χ2v) is 4.41. The van der Waals surface area contributed by atoms with Crippen molar-refractivity contribution >= 4 is 5.82 Å². The van der Waals surface area contributed by atoms with E-state index in [0.29, 0.717) is 0 Å². The number of rotatable bonds is 3. The first kappa shape index (κ1) is 15.7. The van der Waals surface area contributed by atoms with E-state index in [1.807, 2.05) is 6.07 Å². The van der Waals surface area contributed by atoms with Crippen LogP contribution in [-0.2, 0) is 0 Å². The van der Waals surface area contributed by atoms with Crippen LogP contribution in [0.15, 0.2) is 16.9 Å². The zero-order valence-electron chi connectivity index (χ0n) is 12.3. The third kappa shape index (κ3) is 2.39. The molecule has 0 aliphatic heterocycles. The molecule has 1 aromatic carbocycles. The van der Waals surface area contributed by atoms with E-state index in [-0.39, 0.29) is 45.3 Å². The highest BCUT2D eigenvalue weighted by Gasteiger charge is 2.25. The molecule has 8 nitrogen and oxygen atoms in total. The fourth-order valence-corrected chi connectivity index (χ4v) is 2.22. The minimum Gasteiger partial charge on any atom is -0.504 e. The number of aromatic nitrogens is 1. The van der Waals surface area contributed by atoms with Crippen LogP contribution in [0.5, 0.6) is 17.2 Å². The van der Waals surface area contributed by atoms with Gasteiger partial charge in [-0.15, -0.1) is 0 Å². The van der Waals surface area contributed by atoms with Crippen molar-refractivity contribution in [3.8, 4) is 40.5 Å². The predicted octanol–water partition coefficient (Wildman–Crippen LogP) is 1.09. The molecule has 4 N–H and O–H groups in total. The van der Waals surface area contributed by atoms with Gasteiger partial charge in [-0.25, -0.2) is 0 Å². The lowest BCUT2D eigenvalue weighted by Gasteiger charge is -2.16. The molecule has 0 aliphatic rings. The fraction of sp³-hybridized carbons (Fsp3) is 0.133. The SMILES string of the molecule is COc1ccc(OC)c(-c2c(C#N)c(N)[nH]c(=O)c2C#N)c1O. The summed E-state index contributed by atoms with van der Waals surface area (Å²) in [6, 6.07) is 6.48. The normalized spacial score (nSPS) is 9.74. The summed E-state index contributed by atoms with van der Waals surface area (Å²) in [6.45, 7) is 0. The van der Waals surface area contributed by atoms with Crippen molar-refractivity contribution in [3.63, 3.8) is 0 Å². The van der Waals surface area contributed by atoms with Crippen LogP contribution in [0.25, 0.3) is 11.1 Å². The van der Waals surface area contributed by atoms with E-state index in [0.717, 1.165) is 0 Å². The van der Waals surface area contributed by atoms with Crippen LogP contribution in [0.4, 0.5) is 5.82 Å². The van der Waals surface area contributed by atoms with Crippen LogP contribution in [0, 0.1) is 22.7 Å². The van der Waals surface area contributed by atoms with E-state index in [9.17, 15) is 20.4 Å². The minimum absolute atomic E-state index is 0.0160. The van der Waals surface area contributed by atoms with E-state index in [1.54, 1.807) is 6.07 Å². The number of nitriles is 2. The number of methoxy groups -OCH3 is 2. The van der Waals surface area contributed by atoms with Gasteiger partial charge in [0.15, 0.2) is 11.5 Å². The molecule has 0 atom stereocenters. The number of H-pyrrole nitrogens is 1. The van der Waals surface area contributed by atoms with Gasteiger partial charge in [0, 0.05) is 5.56 Å². The molecule has 0 spiro atoms. The van der Waals surface area contributed by atoms with Gasteiger partial charge < -0.3 is 25.3 Å². The molecule has 0 saturated carbocycles. The van der Waals surface area contributed by atoms with Crippen molar-refractivity contribution in [2.24, 2.45) is 0 Å². The second-order valence-electron chi connectivity index (χ2n) is 4.41. The maximum atomic E-state index is 12.0. The number of hydrogen-bond donors (Lipinski definition) is 3. The summed E-state index contributed by atoms with van der Waals surface area (Å²) in [5.74, 6) is -0.339. The Morgan fingerprint density at radius 1 is 1.09 bits per heavy atom. The monoisotopic (exact) mass is 312 g/mol. The van der Waals surface area contributed by atoms with Gasteiger partial charge in [-0.3, -0.25) is 4.79 Å². The standard InChI is InChI=1S/C15H12N4O4/c1-22-9-3-4-10(23-2)13(20)12(9)11-7(5-16)14(18)19-15(21)8(11)6-17/h3-4,20H,1-2H3,(H3,18,19,21). The topological polar surface area (TPSA) is 145 Å². The van der Waals surface area contributed by atoms with Crippen molar-refractivity contribution in [2.45, 2.75) is 0 Å². The minimum atomic E-state index is -0.775. The van der Waals surface area contributed by atoms with E-state index in [1.165, 1.54) is 26.4 Å². The number of ether oxygens (including phenoxy) is 2. The summed E-state index contributed by atoms with van der Waals surface area (Å²) in [7, 11) is 2.69. The number of phenolic OH excluding ortho intramolecular Hbond substituents is 1. The van der Waals surface area contributed by atoms with Crippen LogP contribution in [0.1, 0.15) is 11.1 Å². The lowest BCUT2D eigenvalue weighted by molar-refractivity contribution is 0.367. The maximum absolute atomic E-state index is 12.0. The van der Waals surface area contributed by atoms with Gasteiger partial charge in [0.25, 0.3) is 5.56 Å². The van der Waals surface area contributed by atoms with Crippen LogP contribution < -0.4 is 20.8 Å². The summed E-state index contributed by atoms with van der Waals surface area (Å²) in [5, 5.41) is 29.0. The second kappa shape index (κ2) is 6.00. The summed E-state index contributed by atoms with van der Waals surface area (Å²) in [5.41, 5.74) is 4.25. The Bertz CT molecular complexity index is 919.